The van der Waals surface area contributed by atoms with E-state index in [1.165, 1.54) is 23.5 Å². The Labute approximate surface area is 161 Å². The second-order valence-corrected chi connectivity index (χ2v) is 8.06. The molecule has 7 nitrogen and oxygen atoms in total. The topological polar surface area (TPSA) is 106 Å². The number of thiazole rings is 1. The normalized spacial score (nSPS) is 12.3. The summed E-state index contributed by atoms with van der Waals surface area (Å²) >= 11 is 1.27. The SMILES string of the molecule is CC(C)(C)OC(=O)N[C@@H](Cc1ccc(F)cc1)C(=O)NCc1cnc(N)s1. The van der Waals surface area contributed by atoms with Crippen LogP contribution in [-0.2, 0) is 22.5 Å². The molecule has 1 heterocycles. The molecular weight excluding hydrogens is 371 g/mol. The van der Waals surface area contributed by atoms with E-state index in [0.29, 0.717) is 10.7 Å². The van der Waals surface area contributed by atoms with Crippen LogP contribution in [0, 0.1) is 5.82 Å². The maximum absolute atomic E-state index is 13.1. The predicted octanol–water partition coefficient (Wildman–Crippen LogP) is 2.62. The fourth-order valence-corrected chi connectivity index (χ4v) is 2.84. The number of halogens is 1. The first-order valence-corrected chi connectivity index (χ1v) is 9.16. The fourth-order valence-electron chi connectivity index (χ4n) is 2.22. The number of nitrogens with two attached hydrogens (primary N) is 1. The molecular formula is C18H23FN4O3S. The molecule has 0 fully saturated rings. The summed E-state index contributed by atoms with van der Waals surface area (Å²) in [5.74, 6) is -0.764. The van der Waals surface area contributed by atoms with Crippen LogP contribution >= 0.6 is 11.3 Å². The molecule has 0 saturated carbocycles. The molecule has 146 valence electrons. The largest absolute Gasteiger partial charge is 0.444 e. The van der Waals surface area contributed by atoms with E-state index in [-0.39, 0.29) is 18.8 Å². The Hall–Kier alpha value is -2.68. The number of alkyl carbamates (subject to hydrolysis) is 1. The smallest absolute Gasteiger partial charge is 0.408 e. The predicted molar refractivity (Wildman–Crippen MR) is 102 cm³/mol. The maximum Gasteiger partial charge on any atom is 0.408 e. The highest BCUT2D eigenvalue weighted by atomic mass is 32.1. The van der Waals surface area contributed by atoms with E-state index in [2.05, 4.69) is 15.6 Å². The fraction of sp³-hybridized carbons (Fsp3) is 0.389. The van der Waals surface area contributed by atoms with Gasteiger partial charge in [0.2, 0.25) is 5.91 Å². The zero-order chi connectivity index (χ0) is 20.0. The number of benzene rings is 1. The van der Waals surface area contributed by atoms with Crippen molar-refractivity contribution in [3.8, 4) is 0 Å². The summed E-state index contributed by atoms with van der Waals surface area (Å²) in [5, 5.41) is 5.73. The molecule has 0 unspecified atom stereocenters. The van der Waals surface area contributed by atoms with Gasteiger partial charge in [-0.25, -0.2) is 14.2 Å². The molecule has 4 N–H and O–H groups in total. The van der Waals surface area contributed by atoms with Gasteiger partial charge in [-0.05, 0) is 38.5 Å². The molecule has 27 heavy (non-hydrogen) atoms. The lowest BCUT2D eigenvalue weighted by Gasteiger charge is -2.23. The third-order valence-electron chi connectivity index (χ3n) is 3.37. The molecule has 0 aliphatic heterocycles. The lowest BCUT2D eigenvalue weighted by Crippen LogP contribution is -2.49. The lowest BCUT2D eigenvalue weighted by molar-refractivity contribution is -0.123. The summed E-state index contributed by atoms with van der Waals surface area (Å²) < 4.78 is 18.3. The van der Waals surface area contributed by atoms with E-state index in [4.69, 9.17) is 10.5 Å². The van der Waals surface area contributed by atoms with Crippen molar-refractivity contribution >= 4 is 28.5 Å². The zero-order valence-electron chi connectivity index (χ0n) is 15.4. The number of carbonyl (C=O) groups excluding carboxylic acids is 2. The van der Waals surface area contributed by atoms with Gasteiger partial charge in [-0.3, -0.25) is 4.79 Å². The maximum atomic E-state index is 13.1. The Kier molecular flexibility index (Phi) is 6.73. The third-order valence-corrected chi connectivity index (χ3v) is 4.20. The monoisotopic (exact) mass is 394 g/mol. The first kappa shape index (κ1) is 20.6. The van der Waals surface area contributed by atoms with Crippen molar-refractivity contribution in [2.75, 3.05) is 5.73 Å². The molecule has 2 rings (SSSR count). The summed E-state index contributed by atoms with van der Waals surface area (Å²) in [6.45, 7) is 5.44. The van der Waals surface area contributed by atoms with E-state index < -0.39 is 23.6 Å². The van der Waals surface area contributed by atoms with Gasteiger partial charge >= 0.3 is 6.09 Å². The van der Waals surface area contributed by atoms with Gasteiger partial charge in [0.15, 0.2) is 5.13 Å². The van der Waals surface area contributed by atoms with Crippen LogP contribution in [0.4, 0.5) is 14.3 Å². The highest BCUT2D eigenvalue weighted by molar-refractivity contribution is 7.15. The molecule has 0 spiro atoms. The third kappa shape index (κ3) is 7.22. The molecule has 1 aromatic carbocycles. The quantitative estimate of drug-likeness (QED) is 0.698. The summed E-state index contributed by atoms with van der Waals surface area (Å²) in [7, 11) is 0. The van der Waals surface area contributed by atoms with Gasteiger partial charge in [0.05, 0.1) is 6.54 Å². The van der Waals surface area contributed by atoms with Crippen LogP contribution in [0.1, 0.15) is 31.2 Å². The molecule has 0 aliphatic rings. The number of nitrogens with one attached hydrogen (secondary N) is 2. The summed E-state index contributed by atoms with van der Waals surface area (Å²) in [4.78, 5) is 29.4. The molecule has 0 aliphatic carbocycles. The van der Waals surface area contributed by atoms with Crippen molar-refractivity contribution in [1.29, 1.82) is 0 Å². The Morgan fingerprint density at radius 1 is 1.30 bits per heavy atom. The number of hydrogen-bond donors (Lipinski definition) is 3. The second kappa shape index (κ2) is 8.81. The van der Waals surface area contributed by atoms with E-state index in [0.717, 1.165) is 4.88 Å². The second-order valence-electron chi connectivity index (χ2n) is 6.91. The average Bonchev–Trinajstić information content (AvgIpc) is 2.97. The number of ether oxygens (including phenoxy) is 1. The van der Waals surface area contributed by atoms with Crippen molar-refractivity contribution < 1.29 is 18.7 Å². The molecule has 1 atom stereocenters. The highest BCUT2D eigenvalue weighted by Gasteiger charge is 2.24. The number of nitrogen functional groups attached to an aromatic ring is 1. The number of nitrogens with zero attached hydrogens (tertiary/aromatic N) is 1. The van der Waals surface area contributed by atoms with Crippen LogP contribution in [0.2, 0.25) is 0 Å². The van der Waals surface area contributed by atoms with Crippen LogP contribution in [-0.4, -0.2) is 28.6 Å². The van der Waals surface area contributed by atoms with Gasteiger partial charge in [-0.1, -0.05) is 12.1 Å². The van der Waals surface area contributed by atoms with Crippen LogP contribution < -0.4 is 16.4 Å². The molecule has 0 radical (unpaired) electrons. The highest BCUT2D eigenvalue weighted by Crippen LogP contribution is 2.14. The molecule has 2 amide bonds. The number of amides is 2. The minimum absolute atomic E-state index is 0.191. The Morgan fingerprint density at radius 2 is 1.96 bits per heavy atom. The summed E-state index contributed by atoms with van der Waals surface area (Å²) in [5.41, 5.74) is 5.58. The summed E-state index contributed by atoms with van der Waals surface area (Å²) in [6, 6.07) is 4.86. The molecule has 0 saturated heterocycles. The standard InChI is InChI=1S/C18H23FN4O3S/c1-18(2,3)26-17(25)23-14(8-11-4-6-12(19)7-5-11)15(24)21-9-13-10-22-16(20)27-13/h4-7,10,14H,8-9H2,1-3H3,(H2,20,22)(H,21,24)(H,23,25)/t14-/m0/s1. The van der Waals surface area contributed by atoms with E-state index in [1.807, 2.05) is 0 Å². The van der Waals surface area contributed by atoms with Crippen molar-refractivity contribution in [3.05, 3.63) is 46.7 Å². The van der Waals surface area contributed by atoms with E-state index in [1.54, 1.807) is 39.1 Å². The van der Waals surface area contributed by atoms with Crippen LogP contribution in [0.15, 0.2) is 30.5 Å². The molecule has 1 aromatic heterocycles. The van der Waals surface area contributed by atoms with Crippen molar-refractivity contribution in [2.45, 2.75) is 45.4 Å². The molecule has 2 aromatic rings. The van der Waals surface area contributed by atoms with Crippen molar-refractivity contribution in [2.24, 2.45) is 0 Å². The van der Waals surface area contributed by atoms with Crippen molar-refractivity contribution in [3.63, 3.8) is 0 Å². The number of hydrogen-bond acceptors (Lipinski definition) is 6. The molecule has 0 bridgehead atoms. The van der Waals surface area contributed by atoms with Gasteiger partial charge in [-0.15, -0.1) is 11.3 Å². The van der Waals surface area contributed by atoms with Crippen molar-refractivity contribution in [1.82, 2.24) is 15.6 Å². The number of anilines is 1. The Balaban J connectivity index is 2.05. The van der Waals surface area contributed by atoms with E-state index in [9.17, 15) is 14.0 Å². The van der Waals surface area contributed by atoms with Crippen LogP contribution in [0.3, 0.4) is 0 Å². The minimum Gasteiger partial charge on any atom is -0.444 e. The molecule has 9 heteroatoms. The average molecular weight is 394 g/mol. The summed E-state index contributed by atoms with van der Waals surface area (Å²) in [6.07, 6.45) is 1.07. The minimum atomic E-state index is -0.879. The van der Waals surface area contributed by atoms with Crippen LogP contribution in [0.25, 0.3) is 0 Å². The Morgan fingerprint density at radius 3 is 2.52 bits per heavy atom. The van der Waals surface area contributed by atoms with Crippen LogP contribution in [0.5, 0.6) is 0 Å². The lowest BCUT2D eigenvalue weighted by atomic mass is 10.1. The Bertz CT molecular complexity index is 787. The number of aromatic nitrogens is 1. The van der Waals surface area contributed by atoms with Gasteiger partial charge in [0, 0.05) is 17.5 Å². The number of rotatable bonds is 6. The first-order valence-electron chi connectivity index (χ1n) is 8.34. The van der Waals surface area contributed by atoms with Gasteiger partial charge < -0.3 is 21.1 Å². The van der Waals surface area contributed by atoms with Gasteiger partial charge in [-0.2, -0.15) is 0 Å². The number of carbonyl (C=O) groups is 2. The van der Waals surface area contributed by atoms with Gasteiger partial charge in [0.1, 0.15) is 17.5 Å². The zero-order valence-corrected chi connectivity index (χ0v) is 16.2. The first-order chi connectivity index (χ1) is 12.6. The van der Waals surface area contributed by atoms with Gasteiger partial charge in [0.25, 0.3) is 0 Å². The van der Waals surface area contributed by atoms with E-state index >= 15 is 0 Å².